The van der Waals surface area contributed by atoms with Gasteiger partial charge in [-0.15, -0.1) is 0 Å². The van der Waals surface area contributed by atoms with E-state index in [0.29, 0.717) is 31.0 Å². The number of benzene rings is 2. The molecule has 1 aliphatic heterocycles. The van der Waals surface area contributed by atoms with Crippen LogP contribution in [-0.2, 0) is 22.6 Å². The first-order valence-electron chi connectivity index (χ1n) is 8.38. The van der Waals surface area contributed by atoms with Crippen molar-refractivity contribution in [3.05, 3.63) is 70.2 Å². The number of carbonyl (C=O) groups is 2. The van der Waals surface area contributed by atoms with Crippen LogP contribution in [-0.4, -0.2) is 29.3 Å². The van der Waals surface area contributed by atoms with Crippen molar-refractivity contribution in [3.8, 4) is 0 Å². The van der Waals surface area contributed by atoms with Gasteiger partial charge in [-0.2, -0.15) is 0 Å². The van der Waals surface area contributed by atoms with Gasteiger partial charge in [0.05, 0.1) is 12.5 Å². The molecule has 2 aromatic rings. The van der Waals surface area contributed by atoms with Crippen molar-refractivity contribution in [1.82, 2.24) is 10.2 Å². The van der Waals surface area contributed by atoms with Crippen molar-refractivity contribution in [1.29, 1.82) is 0 Å². The van der Waals surface area contributed by atoms with E-state index >= 15 is 0 Å². The molecular formula is C20H21ClN2O2. The third-order valence-electron chi connectivity index (χ3n) is 4.51. The molecule has 0 saturated carbocycles. The minimum atomic E-state index is -0.147. The Morgan fingerprint density at radius 3 is 2.56 bits per heavy atom. The van der Waals surface area contributed by atoms with Crippen LogP contribution >= 0.6 is 11.6 Å². The molecule has 3 rings (SSSR count). The lowest BCUT2D eigenvalue weighted by molar-refractivity contribution is -0.128. The van der Waals surface area contributed by atoms with Gasteiger partial charge in [0.2, 0.25) is 11.8 Å². The van der Waals surface area contributed by atoms with Gasteiger partial charge in [0.25, 0.3) is 0 Å². The van der Waals surface area contributed by atoms with Gasteiger partial charge in [0.15, 0.2) is 0 Å². The third-order valence-corrected chi connectivity index (χ3v) is 4.88. The van der Waals surface area contributed by atoms with Gasteiger partial charge in [-0.05, 0) is 29.7 Å². The molecule has 5 heteroatoms. The maximum Gasteiger partial charge on any atom is 0.225 e. The Morgan fingerprint density at radius 2 is 1.84 bits per heavy atom. The molecule has 0 unspecified atom stereocenters. The van der Waals surface area contributed by atoms with Crippen LogP contribution in [0.15, 0.2) is 48.5 Å². The molecule has 1 N–H and O–H groups in total. The summed E-state index contributed by atoms with van der Waals surface area (Å²) < 4.78 is 0. The molecule has 0 bridgehead atoms. The highest BCUT2D eigenvalue weighted by Crippen LogP contribution is 2.20. The molecule has 1 saturated heterocycles. The van der Waals surface area contributed by atoms with Crippen LogP contribution in [0, 0.1) is 6.92 Å². The van der Waals surface area contributed by atoms with Crippen molar-refractivity contribution in [2.45, 2.75) is 32.4 Å². The molecule has 0 radical (unpaired) electrons. The lowest BCUT2D eigenvalue weighted by atomic mass is 10.1. The van der Waals surface area contributed by atoms with Crippen LogP contribution in [0.3, 0.4) is 0 Å². The SMILES string of the molecule is Cc1ccccc1CC(=O)N[C@H]1CC(=O)N(Cc2ccccc2Cl)C1. The fourth-order valence-corrected chi connectivity index (χ4v) is 3.31. The summed E-state index contributed by atoms with van der Waals surface area (Å²) in [6.07, 6.45) is 0.672. The normalized spacial score (nSPS) is 17.0. The summed E-state index contributed by atoms with van der Waals surface area (Å²) in [6, 6.07) is 15.2. The Balaban J connectivity index is 1.56. The molecule has 1 fully saturated rings. The summed E-state index contributed by atoms with van der Waals surface area (Å²) in [5.41, 5.74) is 3.03. The van der Waals surface area contributed by atoms with E-state index in [1.165, 1.54) is 0 Å². The third kappa shape index (κ3) is 4.40. The summed E-state index contributed by atoms with van der Waals surface area (Å²) in [7, 11) is 0. The molecule has 130 valence electrons. The Hall–Kier alpha value is -2.33. The molecule has 1 heterocycles. The molecule has 25 heavy (non-hydrogen) atoms. The van der Waals surface area contributed by atoms with Crippen LogP contribution in [0.5, 0.6) is 0 Å². The van der Waals surface area contributed by atoms with Gasteiger partial charge in [-0.25, -0.2) is 0 Å². The Morgan fingerprint density at radius 1 is 1.16 bits per heavy atom. The van der Waals surface area contributed by atoms with Crippen LogP contribution in [0.1, 0.15) is 23.1 Å². The topological polar surface area (TPSA) is 49.4 Å². The van der Waals surface area contributed by atoms with Gasteiger partial charge in [-0.3, -0.25) is 9.59 Å². The largest absolute Gasteiger partial charge is 0.351 e. The number of nitrogens with one attached hydrogen (secondary N) is 1. The first-order chi connectivity index (χ1) is 12.0. The number of amides is 2. The average molecular weight is 357 g/mol. The summed E-state index contributed by atoms with van der Waals surface area (Å²) >= 11 is 6.17. The minimum Gasteiger partial charge on any atom is -0.351 e. The second kappa shape index (κ2) is 7.70. The van der Waals surface area contributed by atoms with E-state index in [1.807, 2.05) is 55.5 Å². The number of halogens is 1. The predicted octanol–water partition coefficient (Wildman–Crippen LogP) is 3.11. The highest BCUT2D eigenvalue weighted by atomic mass is 35.5. The van der Waals surface area contributed by atoms with Gasteiger partial charge < -0.3 is 10.2 Å². The van der Waals surface area contributed by atoms with E-state index in [2.05, 4.69) is 5.32 Å². The van der Waals surface area contributed by atoms with Crippen LogP contribution in [0.25, 0.3) is 0 Å². The van der Waals surface area contributed by atoms with E-state index in [1.54, 1.807) is 4.90 Å². The summed E-state index contributed by atoms with van der Waals surface area (Å²) in [5, 5.41) is 3.64. The van der Waals surface area contributed by atoms with Gasteiger partial charge >= 0.3 is 0 Å². The zero-order valence-corrected chi connectivity index (χ0v) is 14.9. The number of aryl methyl sites for hydroxylation is 1. The zero-order valence-electron chi connectivity index (χ0n) is 14.2. The van der Waals surface area contributed by atoms with Crippen molar-refractivity contribution >= 4 is 23.4 Å². The van der Waals surface area contributed by atoms with Gasteiger partial charge in [0.1, 0.15) is 0 Å². The van der Waals surface area contributed by atoms with E-state index in [-0.39, 0.29) is 17.9 Å². The van der Waals surface area contributed by atoms with E-state index in [9.17, 15) is 9.59 Å². The number of rotatable bonds is 5. The Labute approximate surface area is 152 Å². The van der Waals surface area contributed by atoms with Gasteiger partial charge in [0, 0.05) is 24.5 Å². The van der Waals surface area contributed by atoms with Crippen LogP contribution in [0.4, 0.5) is 0 Å². The maximum absolute atomic E-state index is 12.3. The first kappa shape index (κ1) is 17.5. The number of nitrogens with zero attached hydrogens (tertiary/aromatic N) is 1. The molecule has 2 amide bonds. The summed E-state index contributed by atoms with van der Waals surface area (Å²) in [5.74, 6) is -0.00666. The van der Waals surface area contributed by atoms with E-state index in [0.717, 1.165) is 16.7 Å². The molecule has 1 atom stereocenters. The second-order valence-electron chi connectivity index (χ2n) is 6.44. The smallest absolute Gasteiger partial charge is 0.225 e. The summed E-state index contributed by atoms with van der Waals surface area (Å²) in [4.78, 5) is 26.3. The first-order valence-corrected chi connectivity index (χ1v) is 8.76. The molecule has 0 aromatic heterocycles. The number of carbonyl (C=O) groups excluding carboxylic acids is 2. The van der Waals surface area contributed by atoms with E-state index < -0.39 is 0 Å². The van der Waals surface area contributed by atoms with Gasteiger partial charge in [-0.1, -0.05) is 54.1 Å². The zero-order chi connectivity index (χ0) is 17.8. The quantitative estimate of drug-likeness (QED) is 0.894. The highest BCUT2D eigenvalue weighted by Gasteiger charge is 2.30. The number of hydrogen-bond donors (Lipinski definition) is 1. The van der Waals surface area contributed by atoms with Crippen LogP contribution < -0.4 is 5.32 Å². The molecule has 2 aromatic carbocycles. The lowest BCUT2D eigenvalue weighted by Gasteiger charge is -2.18. The summed E-state index contributed by atoms with van der Waals surface area (Å²) in [6.45, 7) is 2.99. The fraction of sp³-hybridized carbons (Fsp3) is 0.300. The number of likely N-dealkylation sites (tertiary alicyclic amines) is 1. The molecule has 4 nitrogen and oxygen atoms in total. The van der Waals surface area contributed by atoms with Crippen molar-refractivity contribution < 1.29 is 9.59 Å². The minimum absolute atomic E-state index is 0.0427. The standard InChI is InChI=1S/C20H21ClN2O2/c1-14-6-2-3-7-15(14)10-19(24)22-17-11-20(25)23(13-17)12-16-8-4-5-9-18(16)21/h2-9,17H,10-13H2,1H3,(H,22,24)/t17-/m0/s1. The number of hydrogen-bond acceptors (Lipinski definition) is 2. The van der Waals surface area contributed by atoms with Crippen LogP contribution in [0.2, 0.25) is 5.02 Å². The highest BCUT2D eigenvalue weighted by molar-refractivity contribution is 6.31. The van der Waals surface area contributed by atoms with Crippen molar-refractivity contribution in [2.75, 3.05) is 6.54 Å². The fourth-order valence-electron chi connectivity index (χ4n) is 3.11. The monoisotopic (exact) mass is 356 g/mol. The second-order valence-corrected chi connectivity index (χ2v) is 6.84. The average Bonchev–Trinajstić information content (AvgIpc) is 2.91. The Bertz CT molecular complexity index is 791. The van der Waals surface area contributed by atoms with E-state index in [4.69, 9.17) is 11.6 Å². The van der Waals surface area contributed by atoms with Crippen molar-refractivity contribution in [3.63, 3.8) is 0 Å². The molecule has 0 aliphatic carbocycles. The predicted molar refractivity (Wildman–Crippen MR) is 98.3 cm³/mol. The maximum atomic E-state index is 12.3. The molecule has 1 aliphatic rings. The molecular weight excluding hydrogens is 336 g/mol. The lowest BCUT2D eigenvalue weighted by Crippen LogP contribution is -2.38. The Kier molecular flexibility index (Phi) is 5.39. The molecule has 0 spiro atoms. The van der Waals surface area contributed by atoms with Crippen molar-refractivity contribution in [2.24, 2.45) is 0 Å².